The van der Waals surface area contributed by atoms with E-state index < -0.39 is 0 Å². The van der Waals surface area contributed by atoms with Gasteiger partial charge in [0.2, 0.25) is 0 Å². The summed E-state index contributed by atoms with van der Waals surface area (Å²) in [5, 5.41) is 3.70. The largest absolute Gasteiger partial charge is 0.377 e. The molecule has 0 aromatic heterocycles. The topological polar surface area (TPSA) is 32.3 Å². The SMILES string of the molecule is CN(C(=O)c1cccc2c1NC(c1ccc(F)cc1)C1CC=CC21)C1CCCCC1. The molecular formula is C26H29FN2O. The Labute approximate surface area is 178 Å². The molecule has 2 aromatic rings. The highest BCUT2D eigenvalue weighted by molar-refractivity contribution is 6.01. The molecule has 3 aliphatic rings. The summed E-state index contributed by atoms with van der Waals surface area (Å²) in [6.45, 7) is 0. The van der Waals surface area contributed by atoms with Crippen LogP contribution in [-0.4, -0.2) is 23.9 Å². The molecule has 1 heterocycles. The smallest absolute Gasteiger partial charge is 0.255 e. The van der Waals surface area contributed by atoms with Crippen molar-refractivity contribution >= 4 is 11.6 Å². The summed E-state index contributed by atoms with van der Waals surface area (Å²) in [5.74, 6) is 0.541. The molecule has 1 aliphatic heterocycles. The second-order valence-corrected chi connectivity index (χ2v) is 9.00. The molecule has 1 saturated carbocycles. The van der Waals surface area contributed by atoms with Gasteiger partial charge in [-0.2, -0.15) is 0 Å². The molecule has 30 heavy (non-hydrogen) atoms. The highest BCUT2D eigenvalue weighted by Crippen LogP contribution is 2.50. The van der Waals surface area contributed by atoms with Gasteiger partial charge in [0.15, 0.2) is 0 Å². The van der Waals surface area contributed by atoms with Gasteiger partial charge in [0.05, 0.1) is 17.3 Å². The normalized spacial score (nSPS) is 25.3. The first-order chi connectivity index (χ1) is 14.6. The number of hydrogen-bond acceptors (Lipinski definition) is 2. The van der Waals surface area contributed by atoms with Gasteiger partial charge in [0, 0.05) is 19.0 Å². The number of benzene rings is 2. The van der Waals surface area contributed by atoms with E-state index in [9.17, 15) is 9.18 Å². The van der Waals surface area contributed by atoms with Crippen LogP contribution < -0.4 is 5.32 Å². The van der Waals surface area contributed by atoms with Crippen molar-refractivity contribution in [2.45, 2.75) is 56.5 Å². The first kappa shape index (κ1) is 19.3. The van der Waals surface area contributed by atoms with Crippen LogP contribution in [0.5, 0.6) is 0 Å². The highest BCUT2D eigenvalue weighted by atomic mass is 19.1. The standard InChI is InChI=1S/C26H29FN2O/c1-29(19-7-3-2-4-8-19)26(30)23-12-6-11-22-20-9-5-10-21(20)24(28-25(22)23)17-13-15-18(27)16-14-17/h5-6,9,11-16,19-21,24,28H,2-4,7-8,10H2,1H3. The van der Waals surface area contributed by atoms with Gasteiger partial charge in [-0.25, -0.2) is 4.39 Å². The number of para-hydroxylation sites is 1. The number of anilines is 1. The number of allylic oxidation sites excluding steroid dienone is 2. The fraction of sp³-hybridized carbons (Fsp3) is 0.423. The van der Waals surface area contributed by atoms with Gasteiger partial charge in [0.1, 0.15) is 5.82 Å². The van der Waals surface area contributed by atoms with E-state index in [4.69, 9.17) is 0 Å². The number of hydrogen-bond donors (Lipinski definition) is 1. The fourth-order valence-electron chi connectivity index (χ4n) is 5.62. The van der Waals surface area contributed by atoms with Crippen LogP contribution in [0.4, 0.5) is 10.1 Å². The highest BCUT2D eigenvalue weighted by Gasteiger charge is 2.39. The molecule has 0 saturated heterocycles. The Hall–Kier alpha value is -2.62. The zero-order valence-corrected chi connectivity index (χ0v) is 17.5. The molecule has 0 radical (unpaired) electrons. The summed E-state index contributed by atoms with van der Waals surface area (Å²) in [6.07, 6.45) is 11.4. The molecule has 2 aliphatic carbocycles. The van der Waals surface area contributed by atoms with E-state index >= 15 is 0 Å². The Kier molecular flexibility index (Phi) is 5.10. The summed E-state index contributed by atoms with van der Waals surface area (Å²) in [7, 11) is 1.95. The lowest BCUT2D eigenvalue weighted by atomic mass is 9.76. The Morgan fingerprint density at radius 2 is 1.83 bits per heavy atom. The van der Waals surface area contributed by atoms with Crippen molar-refractivity contribution < 1.29 is 9.18 Å². The Morgan fingerprint density at radius 3 is 2.60 bits per heavy atom. The van der Waals surface area contributed by atoms with Crippen molar-refractivity contribution in [3.05, 3.63) is 77.1 Å². The molecular weight excluding hydrogens is 375 g/mol. The summed E-state index contributed by atoms with van der Waals surface area (Å²) >= 11 is 0. The fourth-order valence-corrected chi connectivity index (χ4v) is 5.62. The van der Waals surface area contributed by atoms with E-state index in [2.05, 4.69) is 23.5 Å². The summed E-state index contributed by atoms with van der Waals surface area (Å²) in [5.41, 5.74) is 3.98. The van der Waals surface area contributed by atoms with Gasteiger partial charge in [-0.1, -0.05) is 55.7 Å². The van der Waals surface area contributed by atoms with Crippen LogP contribution in [0.25, 0.3) is 0 Å². The molecule has 0 bridgehead atoms. The number of carbonyl (C=O) groups excluding carboxylic acids is 1. The van der Waals surface area contributed by atoms with Crippen LogP contribution in [0, 0.1) is 11.7 Å². The van der Waals surface area contributed by atoms with Crippen LogP contribution >= 0.6 is 0 Å². The third kappa shape index (κ3) is 3.32. The molecule has 0 spiro atoms. The molecule has 2 aromatic carbocycles. The van der Waals surface area contributed by atoms with Crippen molar-refractivity contribution in [1.82, 2.24) is 4.90 Å². The van der Waals surface area contributed by atoms with Gasteiger partial charge in [0.25, 0.3) is 5.91 Å². The van der Waals surface area contributed by atoms with Crippen molar-refractivity contribution in [1.29, 1.82) is 0 Å². The lowest BCUT2D eigenvalue weighted by Crippen LogP contribution is -2.39. The van der Waals surface area contributed by atoms with Crippen molar-refractivity contribution in [3.8, 4) is 0 Å². The average Bonchev–Trinajstić information content (AvgIpc) is 3.29. The maximum absolute atomic E-state index is 13.5. The summed E-state index contributed by atoms with van der Waals surface area (Å²) in [6, 6.07) is 13.3. The molecule has 1 amide bonds. The summed E-state index contributed by atoms with van der Waals surface area (Å²) in [4.78, 5) is 15.5. The molecule has 3 atom stereocenters. The van der Waals surface area contributed by atoms with Gasteiger partial charge in [-0.15, -0.1) is 0 Å². The Balaban J connectivity index is 1.51. The van der Waals surface area contributed by atoms with Gasteiger partial charge < -0.3 is 10.2 Å². The van der Waals surface area contributed by atoms with Crippen LogP contribution in [0.1, 0.15) is 72.0 Å². The van der Waals surface area contributed by atoms with Crippen LogP contribution in [-0.2, 0) is 0 Å². The molecule has 4 heteroatoms. The number of fused-ring (bicyclic) bond motifs is 3. The van der Waals surface area contributed by atoms with Crippen molar-refractivity contribution in [3.63, 3.8) is 0 Å². The molecule has 3 nitrogen and oxygen atoms in total. The van der Waals surface area contributed by atoms with E-state index in [1.807, 2.05) is 36.2 Å². The second kappa shape index (κ2) is 7.90. The number of amides is 1. The van der Waals surface area contributed by atoms with E-state index in [0.29, 0.717) is 12.0 Å². The first-order valence-electron chi connectivity index (χ1n) is 11.2. The van der Waals surface area contributed by atoms with E-state index in [1.54, 1.807) is 0 Å². The quantitative estimate of drug-likeness (QED) is 0.631. The Bertz CT molecular complexity index is 961. The number of nitrogens with one attached hydrogen (secondary N) is 1. The van der Waals surface area contributed by atoms with E-state index in [-0.39, 0.29) is 23.7 Å². The minimum absolute atomic E-state index is 0.0621. The van der Waals surface area contributed by atoms with E-state index in [0.717, 1.165) is 36.1 Å². The zero-order valence-electron chi connectivity index (χ0n) is 17.5. The van der Waals surface area contributed by atoms with E-state index in [1.165, 1.54) is 37.0 Å². The molecule has 5 rings (SSSR count). The van der Waals surface area contributed by atoms with Crippen molar-refractivity contribution in [2.24, 2.45) is 5.92 Å². The van der Waals surface area contributed by atoms with Crippen molar-refractivity contribution in [2.75, 3.05) is 12.4 Å². The predicted molar refractivity (Wildman–Crippen MR) is 118 cm³/mol. The summed E-state index contributed by atoms with van der Waals surface area (Å²) < 4.78 is 13.5. The number of carbonyl (C=O) groups is 1. The predicted octanol–water partition coefficient (Wildman–Crippen LogP) is 6.06. The van der Waals surface area contributed by atoms with Crippen LogP contribution in [0.3, 0.4) is 0 Å². The minimum atomic E-state index is -0.221. The van der Waals surface area contributed by atoms with Gasteiger partial charge in [-0.3, -0.25) is 4.79 Å². The molecule has 156 valence electrons. The monoisotopic (exact) mass is 404 g/mol. The lowest BCUT2D eigenvalue weighted by Gasteiger charge is -2.39. The maximum Gasteiger partial charge on any atom is 0.255 e. The zero-order chi connectivity index (χ0) is 20.7. The Morgan fingerprint density at radius 1 is 1.07 bits per heavy atom. The minimum Gasteiger partial charge on any atom is -0.377 e. The average molecular weight is 405 g/mol. The number of nitrogens with zero attached hydrogens (tertiary/aromatic N) is 1. The van der Waals surface area contributed by atoms with Crippen LogP contribution in [0.15, 0.2) is 54.6 Å². The third-order valence-corrected chi connectivity index (χ3v) is 7.30. The number of halogens is 1. The second-order valence-electron chi connectivity index (χ2n) is 9.00. The van der Waals surface area contributed by atoms with Gasteiger partial charge >= 0.3 is 0 Å². The molecule has 1 N–H and O–H groups in total. The maximum atomic E-state index is 13.5. The third-order valence-electron chi connectivity index (χ3n) is 7.30. The van der Waals surface area contributed by atoms with Crippen LogP contribution in [0.2, 0.25) is 0 Å². The molecule has 3 unspecified atom stereocenters. The lowest BCUT2D eigenvalue weighted by molar-refractivity contribution is 0.0697. The number of rotatable bonds is 3. The van der Waals surface area contributed by atoms with Gasteiger partial charge in [-0.05, 0) is 54.5 Å². The molecule has 1 fully saturated rings. The first-order valence-corrected chi connectivity index (χ1v) is 11.2.